The van der Waals surface area contributed by atoms with Gasteiger partial charge in [-0.25, -0.2) is 0 Å². The Morgan fingerprint density at radius 3 is 2.60 bits per heavy atom. The van der Waals surface area contributed by atoms with Gasteiger partial charge in [0.2, 0.25) is 0 Å². The Labute approximate surface area is 88.1 Å². The van der Waals surface area contributed by atoms with Crippen molar-refractivity contribution < 1.29 is 13.5 Å². The van der Waals surface area contributed by atoms with Gasteiger partial charge in [-0.2, -0.15) is 8.78 Å². The number of hydrogen-bond acceptors (Lipinski definition) is 1. The Kier molecular flexibility index (Phi) is 3.68. The molecular formula is C12H12F2O. The molecule has 0 heterocycles. The lowest BCUT2D eigenvalue weighted by Gasteiger charge is -2.11. The second kappa shape index (κ2) is 4.79. The molecule has 0 saturated carbocycles. The van der Waals surface area contributed by atoms with Crippen LogP contribution >= 0.6 is 0 Å². The molecule has 0 aliphatic heterocycles. The van der Waals surface area contributed by atoms with Crippen LogP contribution < -0.4 is 4.74 Å². The zero-order chi connectivity index (χ0) is 11.4. The van der Waals surface area contributed by atoms with E-state index in [2.05, 4.69) is 10.7 Å². The molecule has 0 N–H and O–H groups in total. The number of aryl methyl sites for hydroxylation is 1. The van der Waals surface area contributed by atoms with Crippen LogP contribution in [0.3, 0.4) is 0 Å². The second-order valence-electron chi connectivity index (χ2n) is 3.29. The van der Waals surface area contributed by atoms with E-state index in [1.807, 2.05) is 13.0 Å². The maximum Gasteiger partial charge on any atom is 0.387 e. The highest BCUT2D eigenvalue weighted by Crippen LogP contribution is 2.25. The Hall–Kier alpha value is -1.56. The molecule has 0 radical (unpaired) electrons. The van der Waals surface area contributed by atoms with Gasteiger partial charge >= 0.3 is 6.61 Å². The Morgan fingerprint density at radius 2 is 2.07 bits per heavy atom. The van der Waals surface area contributed by atoms with Crippen LogP contribution in [-0.2, 0) is 0 Å². The van der Waals surface area contributed by atoms with Gasteiger partial charge in [-0.3, -0.25) is 0 Å². The summed E-state index contributed by atoms with van der Waals surface area (Å²) in [5.41, 5.74) is 1.47. The van der Waals surface area contributed by atoms with Crippen LogP contribution in [0.1, 0.15) is 24.0 Å². The summed E-state index contributed by atoms with van der Waals surface area (Å²) in [6.07, 6.45) is 5.25. The molecule has 0 aliphatic rings. The average molecular weight is 210 g/mol. The Bertz CT molecular complexity index is 380. The first-order valence-electron chi connectivity index (χ1n) is 4.56. The van der Waals surface area contributed by atoms with Crippen LogP contribution in [0.15, 0.2) is 18.2 Å². The predicted octanol–water partition coefficient (Wildman–Crippen LogP) is 3.33. The van der Waals surface area contributed by atoms with E-state index in [0.717, 1.165) is 5.56 Å². The van der Waals surface area contributed by atoms with Crippen molar-refractivity contribution in [2.45, 2.75) is 26.4 Å². The molecule has 0 fully saturated rings. The van der Waals surface area contributed by atoms with Crippen molar-refractivity contribution in [2.75, 3.05) is 0 Å². The fourth-order valence-electron chi connectivity index (χ4n) is 1.21. The van der Waals surface area contributed by atoms with Crippen molar-refractivity contribution in [1.82, 2.24) is 0 Å². The zero-order valence-corrected chi connectivity index (χ0v) is 8.63. The summed E-state index contributed by atoms with van der Waals surface area (Å²) in [4.78, 5) is 0. The number of benzene rings is 1. The number of ether oxygens (including phenoxy) is 1. The molecule has 80 valence electrons. The van der Waals surface area contributed by atoms with Crippen LogP contribution in [-0.4, -0.2) is 6.61 Å². The van der Waals surface area contributed by atoms with E-state index in [4.69, 9.17) is 6.42 Å². The molecule has 1 nitrogen and oxygen atoms in total. The zero-order valence-electron chi connectivity index (χ0n) is 8.63. The van der Waals surface area contributed by atoms with Crippen LogP contribution in [0.4, 0.5) is 8.78 Å². The van der Waals surface area contributed by atoms with Gasteiger partial charge < -0.3 is 4.74 Å². The molecule has 1 unspecified atom stereocenters. The molecule has 0 amide bonds. The van der Waals surface area contributed by atoms with E-state index in [9.17, 15) is 8.78 Å². The van der Waals surface area contributed by atoms with Gasteiger partial charge in [0.25, 0.3) is 0 Å². The molecular weight excluding hydrogens is 198 g/mol. The molecule has 1 rings (SSSR count). The Morgan fingerprint density at radius 1 is 1.40 bits per heavy atom. The molecule has 0 aromatic heterocycles. The lowest BCUT2D eigenvalue weighted by molar-refractivity contribution is -0.0503. The van der Waals surface area contributed by atoms with Crippen molar-refractivity contribution in [3.8, 4) is 18.1 Å². The highest BCUT2D eigenvalue weighted by molar-refractivity contribution is 5.39. The lowest BCUT2D eigenvalue weighted by Crippen LogP contribution is -2.04. The van der Waals surface area contributed by atoms with Crippen molar-refractivity contribution in [1.29, 1.82) is 0 Å². The minimum absolute atomic E-state index is 0.106. The summed E-state index contributed by atoms with van der Waals surface area (Å²) >= 11 is 0. The molecule has 3 heteroatoms. The number of rotatable bonds is 3. The largest absolute Gasteiger partial charge is 0.435 e. The first-order chi connectivity index (χ1) is 7.04. The smallest absolute Gasteiger partial charge is 0.387 e. The fourth-order valence-corrected chi connectivity index (χ4v) is 1.21. The number of terminal acetylenes is 1. The molecule has 0 spiro atoms. The number of halogens is 2. The quantitative estimate of drug-likeness (QED) is 0.695. The molecule has 1 aromatic rings. The highest BCUT2D eigenvalue weighted by atomic mass is 19.3. The minimum atomic E-state index is -2.81. The van der Waals surface area contributed by atoms with Crippen molar-refractivity contribution in [3.05, 3.63) is 29.3 Å². The predicted molar refractivity (Wildman–Crippen MR) is 55.1 cm³/mol. The third-order valence-corrected chi connectivity index (χ3v) is 2.18. The van der Waals surface area contributed by atoms with Crippen molar-refractivity contribution in [3.63, 3.8) is 0 Å². The van der Waals surface area contributed by atoms with E-state index in [0.29, 0.717) is 5.56 Å². The topological polar surface area (TPSA) is 9.23 Å². The van der Waals surface area contributed by atoms with Crippen LogP contribution in [0.5, 0.6) is 5.75 Å². The molecule has 1 aromatic carbocycles. The van der Waals surface area contributed by atoms with Gasteiger partial charge in [0, 0.05) is 5.92 Å². The van der Waals surface area contributed by atoms with Gasteiger partial charge in [0.1, 0.15) is 5.75 Å². The van der Waals surface area contributed by atoms with E-state index in [1.165, 1.54) is 0 Å². The summed E-state index contributed by atoms with van der Waals surface area (Å²) in [5.74, 6) is 2.62. The van der Waals surface area contributed by atoms with E-state index >= 15 is 0 Å². The van der Waals surface area contributed by atoms with E-state index < -0.39 is 6.61 Å². The first kappa shape index (κ1) is 11.5. The maximum atomic E-state index is 12.1. The lowest BCUT2D eigenvalue weighted by atomic mass is 10.0. The average Bonchev–Trinajstić information content (AvgIpc) is 2.19. The van der Waals surface area contributed by atoms with Crippen LogP contribution in [0.2, 0.25) is 0 Å². The summed E-state index contributed by atoms with van der Waals surface area (Å²) in [6, 6.07) is 5.10. The number of hydrogen-bond donors (Lipinski definition) is 0. The molecule has 1 atom stereocenters. The normalized spacial score (nSPS) is 12.3. The van der Waals surface area contributed by atoms with Crippen molar-refractivity contribution >= 4 is 0 Å². The summed E-state index contributed by atoms with van der Waals surface area (Å²) in [6.45, 7) is 0.735. The van der Waals surface area contributed by atoms with Crippen LogP contribution in [0.25, 0.3) is 0 Å². The van der Waals surface area contributed by atoms with Crippen LogP contribution in [0, 0.1) is 19.3 Å². The Balaban J connectivity index is 3.01. The minimum Gasteiger partial charge on any atom is -0.435 e. The highest BCUT2D eigenvalue weighted by Gasteiger charge is 2.10. The summed E-state index contributed by atoms with van der Waals surface area (Å²) < 4.78 is 28.5. The molecule has 0 saturated heterocycles. The van der Waals surface area contributed by atoms with Gasteiger partial charge in [-0.1, -0.05) is 18.1 Å². The molecule has 0 aliphatic carbocycles. The van der Waals surface area contributed by atoms with Gasteiger partial charge in [0.15, 0.2) is 0 Å². The first-order valence-corrected chi connectivity index (χ1v) is 4.56. The van der Waals surface area contributed by atoms with Crippen molar-refractivity contribution in [2.24, 2.45) is 0 Å². The SMILES string of the molecule is C#CC(C)c1ccc(C)c(OC(F)F)c1. The summed E-state index contributed by atoms with van der Waals surface area (Å²) in [5, 5.41) is 0. The van der Waals surface area contributed by atoms with Gasteiger partial charge in [0.05, 0.1) is 0 Å². The van der Waals surface area contributed by atoms with Gasteiger partial charge in [-0.15, -0.1) is 6.42 Å². The summed E-state index contributed by atoms with van der Waals surface area (Å²) in [7, 11) is 0. The van der Waals surface area contributed by atoms with E-state index in [1.54, 1.807) is 19.1 Å². The maximum absolute atomic E-state index is 12.1. The van der Waals surface area contributed by atoms with E-state index in [-0.39, 0.29) is 11.7 Å². The fraction of sp³-hybridized carbons (Fsp3) is 0.333. The third kappa shape index (κ3) is 2.95. The molecule has 15 heavy (non-hydrogen) atoms. The van der Waals surface area contributed by atoms with Gasteiger partial charge in [-0.05, 0) is 31.0 Å². The second-order valence-corrected chi connectivity index (χ2v) is 3.29. The molecule has 0 bridgehead atoms. The number of alkyl halides is 2. The standard InChI is InChI=1S/C12H12F2O/c1-4-8(2)10-6-5-9(3)11(7-10)15-12(13)14/h1,5-8,12H,2-3H3. The monoisotopic (exact) mass is 210 g/mol. The third-order valence-electron chi connectivity index (χ3n) is 2.18.